The first kappa shape index (κ1) is 36.9. The molecule has 0 bridgehead atoms. The second-order valence-corrected chi connectivity index (χ2v) is 15.9. The van der Waals surface area contributed by atoms with Crippen molar-refractivity contribution in [1.82, 2.24) is 0 Å². The maximum Gasteiger partial charge on any atom is 0.160 e. The van der Waals surface area contributed by atoms with Crippen LogP contribution in [-0.4, -0.2) is 11.5 Å². The lowest BCUT2D eigenvalue weighted by molar-refractivity contribution is 0.669. The molecule has 3 nitrogen and oxygen atoms in total. The molecular weight excluding hydrogens is 753 g/mol. The molecule has 292 valence electrons. The van der Waals surface area contributed by atoms with Crippen molar-refractivity contribution in [2.24, 2.45) is 9.98 Å². The molecule has 10 aromatic carbocycles. The third kappa shape index (κ3) is 6.86. The van der Waals surface area contributed by atoms with Crippen LogP contribution in [0, 0.1) is 0 Å². The third-order valence-electron chi connectivity index (χ3n) is 12.0. The topological polar surface area (TPSA) is 37.9 Å². The van der Waals surface area contributed by atoms with Crippen molar-refractivity contribution in [3.05, 3.63) is 236 Å². The van der Waals surface area contributed by atoms with Gasteiger partial charge in [-0.2, -0.15) is 0 Å². The van der Waals surface area contributed by atoms with Crippen LogP contribution in [0.3, 0.4) is 0 Å². The number of benzene rings is 10. The molecule has 0 aliphatic rings. The maximum atomic E-state index is 6.44. The Morgan fingerprint density at radius 3 is 1.79 bits per heavy atom. The van der Waals surface area contributed by atoms with Gasteiger partial charge in [0.05, 0.1) is 5.70 Å². The molecule has 11 aromatic rings. The van der Waals surface area contributed by atoms with Crippen molar-refractivity contribution < 1.29 is 4.42 Å². The SMILES string of the molecule is C=C(/N=C(\N=C(/C)c1ccc(-c2ccc3c(c2)oc2cccc(-c4ccccc4)c23)cc1)c1ccc(-c2ccc3ccccc3c2)cc1)c1ccc2c(ccc3ccccc32)c1. The summed E-state index contributed by atoms with van der Waals surface area (Å²) in [5.74, 6) is 0.602. The van der Waals surface area contributed by atoms with Crippen LogP contribution in [0.2, 0.25) is 0 Å². The Bertz CT molecular complexity index is 3570. The van der Waals surface area contributed by atoms with E-state index in [-0.39, 0.29) is 0 Å². The summed E-state index contributed by atoms with van der Waals surface area (Å²) >= 11 is 0. The van der Waals surface area contributed by atoms with Crippen LogP contribution in [0.15, 0.2) is 233 Å². The Hall–Kier alpha value is -8.14. The molecule has 11 rings (SSSR count). The van der Waals surface area contributed by atoms with Gasteiger partial charge < -0.3 is 4.42 Å². The molecule has 3 heteroatoms. The molecule has 1 aromatic heterocycles. The van der Waals surface area contributed by atoms with E-state index < -0.39 is 0 Å². The third-order valence-corrected chi connectivity index (χ3v) is 12.0. The Morgan fingerprint density at radius 1 is 0.387 bits per heavy atom. The molecule has 0 aliphatic heterocycles. The van der Waals surface area contributed by atoms with Crippen LogP contribution >= 0.6 is 0 Å². The summed E-state index contributed by atoms with van der Waals surface area (Å²) in [6.07, 6.45) is 0. The van der Waals surface area contributed by atoms with Gasteiger partial charge in [-0.3, -0.25) is 0 Å². The van der Waals surface area contributed by atoms with E-state index in [2.05, 4.69) is 207 Å². The Balaban J connectivity index is 0.930. The molecule has 0 aliphatic carbocycles. The summed E-state index contributed by atoms with van der Waals surface area (Å²) < 4.78 is 6.44. The van der Waals surface area contributed by atoms with Gasteiger partial charge in [0.25, 0.3) is 0 Å². The fourth-order valence-corrected chi connectivity index (χ4v) is 8.71. The summed E-state index contributed by atoms with van der Waals surface area (Å²) in [4.78, 5) is 10.4. The van der Waals surface area contributed by atoms with E-state index >= 15 is 0 Å². The van der Waals surface area contributed by atoms with Crippen LogP contribution in [0.4, 0.5) is 0 Å². The highest BCUT2D eigenvalue weighted by molar-refractivity contribution is 6.15. The van der Waals surface area contributed by atoms with Crippen molar-refractivity contribution in [3.63, 3.8) is 0 Å². The van der Waals surface area contributed by atoms with Gasteiger partial charge in [-0.05, 0) is 109 Å². The minimum Gasteiger partial charge on any atom is -0.456 e. The van der Waals surface area contributed by atoms with Crippen LogP contribution < -0.4 is 0 Å². The van der Waals surface area contributed by atoms with Gasteiger partial charge in [0.2, 0.25) is 0 Å². The average Bonchev–Trinajstić information content (AvgIpc) is 3.72. The minimum atomic E-state index is 0.602. The van der Waals surface area contributed by atoms with Crippen molar-refractivity contribution in [3.8, 4) is 33.4 Å². The fourth-order valence-electron chi connectivity index (χ4n) is 8.71. The summed E-state index contributed by atoms with van der Waals surface area (Å²) in [6, 6.07) is 74.8. The molecule has 0 unspecified atom stereocenters. The predicted molar refractivity (Wildman–Crippen MR) is 263 cm³/mol. The highest BCUT2D eigenvalue weighted by atomic mass is 16.3. The lowest BCUT2D eigenvalue weighted by Gasteiger charge is -2.10. The average molecular weight is 793 g/mol. The minimum absolute atomic E-state index is 0.602. The zero-order chi connectivity index (χ0) is 41.6. The second-order valence-electron chi connectivity index (χ2n) is 15.9. The Kier molecular flexibility index (Phi) is 9.21. The lowest BCUT2D eigenvalue weighted by Crippen LogP contribution is -2.04. The van der Waals surface area contributed by atoms with Crippen LogP contribution in [0.5, 0.6) is 0 Å². The number of fused-ring (bicyclic) bond motifs is 7. The van der Waals surface area contributed by atoms with Crippen molar-refractivity contribution in [2.45, 2.75) is 6.92 Å². The fraction of sp³-hybridized carbons (Fsp3) is 0.0169. The first-order chi connectivity index (χ1) is 30.5. The number of amidine groups is 1. The predicted octanol–water partition coefficient (Wildman–Crippen LogP) is 16.0. The zero-order valence-electron chi connectivity index (χ0n) is 34.2. The molecule has 0 amide bonds. The van der Waals surface area contributed by atoms with Gasteiger partial charge in [-0.1, -0.05) is 189 Å². The number of nitrogens with zero attached hydrogens (tertiary/aromatic N) is 2. The molecular formula is C59H40N2O. The summed E-state index contributed by atoms with van der Waals surface area (Å²) in [5, 5.41) is 9.51. The molecule has 0 saturated heterocycles. The molecule has 0 N–H and O–H groups in total. The number of hydrogen-bond donors (Lipinski definition) is 0. The molecule has 1 heterocycles. The van der Waals surface area contributed by atoms with Gasteiger partial charge in [0.15, 0.2) is 5.84 Å². The lowest BCUT2D eigenvalue weighted by atomic mass is 9.97. The normalized spacial score (nSPS) is 12.2. The first-order valence-corrected chi connectivity index (χ1v) is 21.0. The summed E-state index contributed by atoms with van der Waals surface area (Å²) in [7, 11) is 0. The van der Waals surface area contributed by atoms with E-state index in [0.29, 0.717) is 11.5 Å². The van der Waals surface area contributed by atoms with E-state index in [0.717, 1.165) is 72.0 Å². The van der Waals surface area contributed by atoms with Gasteiger partial charge >= 0.3 is 0 Å². The van der Waals surface area contributed by atoms with E-state index in [1.54, 1.807) is 0 Å². The van der Waals surface area contributed by atoms with Gasteiger partial charge in [-0.25, -0.2) is 9.98 Å². The molecule has 0 saturated carbocycles. The number of rotatable bonds is 7. The van der Waals surface area contributed by atoms with E-state index in [1.807, 2.05) is 19.1 Å². The molecule has 0 spiro atoms. The van der Waals surface area contributed by atoms with E-state index in [9.17, 15) is 0 Å². The molecule has 0 radical (unpaired) electrons. The van der Waals surface area contributed by atoms with Gasteiger partial charge in [0.1, 0.15) is 11.2 Å². The van der Waals surface area contributed by atoms with E-state index in [4.69, 9.17) is 14.4 Å². The smallest absolute Gasteiger partial charge is 0.160 e. The van der Waals surface area contributed by atoms with Gasteiger partial charge in [-0.15, -0.1) is 0 Å². The van der Waals surface area contributed by atoms with Crippen LogP contribution in [0.25, 0.3) is 93.3 Å². The highest BCUT2D eigenvalue weighted by Crippen LogP contribution is 2.38. The van der Waals surface area contributed by atoms with Crippen molar-refractivity contribution in [1.29, 1.82) is 0 Å². The van der Waals surface area contributed by atoms with Crippen molar-refractivity contribution >= 4 is 71.5 Å². The number of hydrogen-bond acceptors (Lipinski definition) is 2. The molecule has 62 heavy (non-hydrogen) atoms. The monoisotopic (exact) mass is 792 g/mol. The molecule has 0 fully saturated rings. The first-order valence-electron chi connectivity index (χ1n) is 21.0. The highest BCUT2D eigenvalue weighted by Gasteiger charge is 2.14. The zero-order valence-corrected chi connectivity index (χ0v) is 34.2. The standard InChI is InChI=1S/C59H40N2O/c1-38(40-19-21-43(22-20-40)50-32-34-55-57(37-50)62-56-18-10-17-54(58(55)56)44-12-4-3-5-13-44)60-59(46-27-23-42(24-28-46)49-29-25-41-11-6-7-15-48(41)36-49)61-39(2)47-31-33-53-51(35-47)30-26-45-14-8-9-16-52(45)53/h3-37H,2H2,1H3/b60-38+,61-59-. The number of furan rings is 1. The van der Waals surface area contributed by atoms with Crippen LogP contribution in [0.1, 0.15) is 23.6 Å². The number of aliphatic imine (C=N–C) groups is 2. The summed E-state index contributed by atoms with van der Waals surface area (Å²) in [5.41, 5.74) is 13.0. The Morgan fingerprint density at radius 2 is 0.984 bits per heavy atom. The van der Waals surface area contributed by atoms with Crippen LogP contribution in [-0.2, 0) is 0 Å². The Labute approximate surface area is 360 Å². The van der Waals surface area contributed by atoms with Gasteiger partial charge in [0, 0.05) is 27.6 Å². The quantitative estimate of drug-likeness (QED) is 0.0900. The molecule has 0 atom stereocenters. The maximum absolute atomic E-state index is 6.44. The largest absolute Gasteiger partial charge is 0.456 e. The van der Waals surface area contributed by atoms with E-state index in [1.165, 1.54) is 38.1 Å². The summed E-state index contributed by atoms with van der Waals surface area (Å²) in [6.45, 7) is 6.51. The van der Waals surface area contributed by atoms with Crippen molar-refractivity contribution in [2.75, 3.05) is 0 Å². The second kappa shape index (κ2) is 15.5.